The highest BCUT2D eigenvalue weighted by Gasteiger charge is 2.10. The minimum Gasteiger partial charge on any atom is -0.493 e. The lowest BCUT2D eigenvalue weighted by Gasteiger charge is -2.13. The van der Waals surface area contributed by atoms with Crippen LogP contribution in [0.15, 0.2) is 65.2 Å². The fourth-order valence-corrected chi connectivity index (χ4v) is 2.91. The average Bonchev–Trinajstić information content (AvgIpc) is 3.16. The van der Waals surface area contributed by atoms with E-state index in [-0.39, 0.29) is 12.4 Å². The Labute approximate surface area is 168 Å². The van der Waals surface area contributed by atoms with Gasteiger partial charge >= 0.3 is 0 Å². The van der Waals surface area contributed by atoms with Crippen molar-refractivity contribution >= 4 is 29.3 Å². The third-order valence-corrected chi connectivity index (χ3v) is 4.26. The lowest BCUT2D eigenvalue weighted by molar-refractivity contribution is 0.352. The number of hydrogen-bond donors (Lipinski definition) is 1. The number of methoxy groups -OCH3 is 2. The second-order valence-electron chi connectivity index (χ2n) is 5.93. The van der Waals surface area contributed by atoms with Crippen molar-refractivity contribution in [2.45, 2.75) is 6.54 Å². The Bertz CT molecular complexity index is 1030. The highest BCUT2D eigenvalue weighted by molar-refractivity contribution is 5.85. The molecule has 0 unspecified atom stereocenters. The Balaban J connectivity index is 0.00000225. The highest BCUT2D eigenvalue weighted by atomic mass is 35.5. The minimum absolute atomic E-state index is 0. The Morgan fingerprint density at radius 3 is 2.50 bits per heavy atom. The Morgan fingerprint density at radius 2 is 1.79 bits per heavy atom. The van der Waals surface area contributed by atoms with Gasteiger partial charge in [0.25, 0.3) is 0 Å². The number of fused-ring (bicyclic) bond motifs is 1. The molecule has 0 aliphatic heterocycles. The maximum Gasteiger partial charge on any atom is 0.228 e. The van der Waals surface area contributed by atoms with Gasteiger partial charge < -0.3 is 19.2 Å². The number of halogens is 1. The summed E-state index contributed by atoms with van der Waals surface area (Å²) < 4.78 is 16.6. The van der Waals surface area contributed by atoms with Crippen LogP contribution >= 0.6 is 12.4 Å². The monoisotopic (exact) mass is 397 g/mol. The van der Waals surface area contributed by atoms with Crippen molar-refractivity contribution in [1.29, 1.82) is 0 Å². The van der Waals surface area contributed by atoms with Crippen LogP contribution in [0.2, 0.25) is 0 Å². The molecular weight excluding hydrogens is 378 g/mol. The Kier molecular flexibility index (Phi) is 6.01. The van der Waals surface area contributed by atoms with E-state index in [4.69, 9.17) is 13.9 Å². The number of hydrogen-bond acceptors (Lipinski definition) is 6. The van der Waals surface area contributed by atoms with Crippen LogP contribution in [0.1, 0.15) is 5.56 Å². The van der Waals surface area contributed by atoms with E-state index in [1.54, 1.807) is 20.4 Å². The van der Waals surface area contributed by atoms with E-state index in [0.717, 1.165) is 28.3 Å². The fourth-order valence-electron chi connectivity index (χ4n) is 2.91. The van der Waals surface area contributed by atoms with Crippen LogP contribution in [0.25, 0.3) is 22.7 Å². The molecule has 144 valence electrons. The van der Waals surface area contributed by atoms with E-state index in [2.05, 4.69) is 15.3 Å². The molecule has 0 fully saturated rings. The zero-order chi connectivity index (χ0) is 18.6. The number of ether oxygens (including phenoxy) is 2. The molecule has 4 rings (SSSR count). The van der Waals surface area contributed by atoms with E-state index in [1.807, 2.05) is 54.6 Å². The summed E-state index contributed by atoms with van der Waals surface area (Å²) in [5.74, 6) is 2.02. The van der Waals surface area contributed by atoms with Crippen molar-refractivity contribution in [1.82, 2.24) is 9.97 Å². The molecule has 0 radical (unpaired) electrons. The molecule has 28 heavy (non-hydrogen) atoms. The minimum atomic E-state index is 0. The smallest absolute Gasteiger partial charge is 0.228 e. The number of nitrogens with zero attached hydrogens (tertiary/aromatic N) is 2. The van der Waals surface area contributed by atoms with Crippen LogP contribution in [0.3, 0.4) is 0 Å². The molecule has 0 bridgehead atoms. The van der Waals surface area contributed by atoms with Crippen LogP contribution < -0.4 is 14.8 Å². The molecule has 2 aromatic carbocycles. The van der Waals surface area contributed by atoms with Gasteiger partial charge in [0.05, 0.1) is 14.2 Å². The van der Waals surface area contributed by atoms with E-state index in [1.165, 1.54) is 0 Å². The predicted molar refractivity (Wildman–Crippen MR) is 111 cm³/mol. The molecule has 2 heterocycles. The molecule has 2 aromatic heterocycles. The molecule has 4 aromatic rings. The summed E-state index contributed by atoms with van der Waals surface area (Å²) in [5.41, 5.74) is 4.20. The number of anilines is 1. The molecule has 1 N–H and O–H groups in total. The van der Waals surface area contributed by atoms with Crippen LogP contribution in [0.4, 0.5) is 5.69 Å². The summed E-state index contributed by atoms with van der Waals surface area (Å²) in [4.78, 5) is 8.62. The third-order valence-electron chi connectivity index (χ3n) is 4.26. The van der Waals surface area contributed by atoms with Crippen LogP contribution in [0, 0.1) is 0 Å². The Morgan fingerprint density at radius 1 is 0.964 bits per heavy atom. The molecule has 0 amide bonds. The number of para-hydroxylation sites is 1. The topological polar surface area (TPSA) is 69.4 Å². The number of nitrogens with one attached hydrogen (secondary N) is 1. The lowest BCUT2D eigenvalue weighted by atomic mass is 10.1. The molecule has 7 heteroatoms. The maximum absolute atomic E-state index is 5.75. The zero-order valence-corrected chi connectivity index (χ0v) is 16.3. The number of aromatic nitrogens is 2. The van der Waals surface area contributed by atoms with Gasteiger partial charge in [0.2, 0.25) is 5.89 Å². The van der Waals surface area contributed by atoms with Gasteiger partial charge in [0.1, 0.15) is 0 Å². The Hall–Kier alpha value is -3.25. The first-order valence-corrected chi connectivity index (χ1v) is 8.54. The quantitative estimate of drug-likeness (QED) is 0.497. The first-order chi connectivity index (χ1) is 13.3. The highest BCUT2D eigenvalue weighted by Crippen LogP contribution is 2.31. The van der Waals surface area contributed by atoms with Gasteiger partial charge in [-0.3, -0.25) is 0 Å². The number of oxazole rings is 1. The first-order valence-electron chi connectivity index (χ1n) is 8.54. The zero-order valence-electron chi connectivity index (χ0n) is 15.5. The van der Waals surface area contributed by atoms with Crippen molar-refractivity contribution in [2.75, 3.05) is 19.5 Å². The average molecular weight is 398 g/mol. The van der Waals surface area contributed by atoms with Crippen molar-refractivity contribution in [3.05, 3.63) is 66.4 Å². The summed E-state index contributed by atoms with van der Waals surface area (Å²) in [5, 5.41) is 3.39. The SMILES string of the molecule is COc1cccc(CNc2ccc(-c3nc4ncccc4o3)cc2)c1OC.Cl. The summed E-state index contributed by atoms with van der Waals surface area (Å²) in [6.07, 6.45) is 1.70. The second kappa shape index (κ2) is 8.63. The molecule has 6 nitrogen and oxygen atoms in total. The van der Waals surface area contributed by atoms with Crippen LogP contribution in [-0.4, -0.2) is 24.2 Å². The fraction of sp³-hybridized carbons (Fsp3) is 0.143. The maximum atomic E-state index is 5.75. The largest absolute Gasteiger partial charge is 0.493 e. The van der Waals surface area contributed by atoms with Gasteiger partial charge in [-0.05, 0) is 42.5 Å². The van der Waals surface area contributed by atoms with Crippen molar-refractivity contribution in [3.63, 3.8) is 0 Å². The molecule has 0 saturated heterocycles. The second-order valence-corrected chi connectivity index (χ2v) is 5.93. The van der Waals surface area contributed by atoms with Gasteiger partial charge in [-0.25, -0.2) is 4.98 Å². The van der Waals surface area contributed by atoms with Crippen molar-refractivity contribution < 1.29 is 13.9 Å². The van der Waals surface area contributed by atoms with Crippen molar-refractivity contribution in [2.24, 2.45) is 0 Å². The number of benzene rings is 2. The summed E-state index contributed by atoms with van der Waals surface area (Å²) >= 11 is 0. The van der Waals surface area contributed by atoms with Crippen molar-refractivity contribution in [3.8, 4) is 23.0 Å². The lowest BCUT2D eigenvalue weighted by Crippen LogP contribution is -2.02. The number of rotatable bonds is 6. The van der Waals surface area contributed by atoms with E-state index in [9.17, 15) is 0 Å². The van der Waals surface area contributed by atoms with Gasteiger partial charge in [0.15, 0.2) is 22.7 Å². The third kappa shape index (κ3) is 3.87. The summed E-state index contributed by atoms with van der Waals surface area (Å²) in [7, 11) is 3.28. The molecule has 0 aliphatic carbocycles. The first kappa shape index (κ1) is 19.5. The predicted octanol–water partition coefficient (Wildman–Crippen LogP) is 4.94. The van der Waals surface area contributed by atoms with Crippen LogP contribution in [-0.2, 0) is 6.54 Å². The number of pyridine rings is 1. The molecule has 0 aliphatic rings. The van der Waals surface area contributed by atoms with Crippen LogP contribution in [0.5, 0.6) is 11.5 Å². The van der Waals surface area contributed by atoms with Gasteiger partial charge in [-0.15, -0.1) is 12.4 Å². The summed E-state index contributed by atoms with van der Waals surface area (Å²) in [6, 6.07) is 17.4. The summed E-state index contributed by atoms with van der Waals surface area (Å²) in [6.45, 7) is 0.618. The van der Waals surface area contributed by atoms with Gasteiger partial charge in [-0.2, -0.15) is 4.98 Å². The molecular formula is C21H20ClN3O3. The molecule has 0 spiro atoms. The van der Waals surface area contributed by atoms with E-state index < -0.39 is 0 Å². The van der Waals surface area contributed by atoms with Gasteiger partial charge in [-0.1, -0.05) is 12.1 Å². The van der Waals surface area contributed by atoms with E-state index in [0.29, 0.717) is 23.7 Å². The molecule has 0 saturated carbocycles. The van der Waals surface area contributed by atoms with E-state index >= 15 is 0 Å². The molecule has 0 atom stereocenters. The standard InChI is InChI=1S/C21H19N3O3.ClH/c1-25-17-6-3-5-15(19(17)26-2)13-23-16-10-8-14(9-11-16)21-24-20-18(27-21)7-4-12-22-20;/h3-12,23H,13H2,1-2H3;1H. The normalized spacial score (nSPS) is 10.4. The van der Waals surface area contributed by atoms with Gasteiger partial charge in [0, 0.05) is 29.6 Å².